The van der Waals surface area contributed by atoms with Crippen molar-refractivity contribution < 1.29 is 4.42 Å². The van der Waals surface area contributed by atoms with E-state index < -0.39 is 0 Å². The van der Waals surface area contributed by atoms with Crippen molar-refractivity contribution in [2.24, 2.45) is 0 Å². The summed E-state index contributed by atoms with van der Waals surface area (Å²) in [5.41, 5.74) is 21.2. The summed E-state index contributed by atoms with van der Waals surface area (Å²) < 4.78 is 14.4. The van der Waals surface area contributed by atoms with Crippen LogP contribution >= 0.6 is 22.7 Å². The van der Waals surface area contributed by atoms with Crippen LogP contribution in [-0.4, -0.2) is 4.57 Å². The molecule has 0 saturated heterocycles. The third-order valence-electron chi connectivity index (χ3n) is 18.0. The van der Waals surface area contributed by atoms with Crippen molar-refractivity contribution in [3.8, 4) is 50.2 Å². The number of anilines is 6. The standard InChI is InChI=1S/C84H53N3OS2/c1-4-14-62(15-5-1)85(67-45-48-76-75(50-67)83-77(87(76)64-18-8-3-9-19-64)49-47-72-69-20-10-12-22-78(69)88-84(72)83)65-40-36-60(37-41-65)58-32-28-56(29-33-58)54-24-26-55(27-25-54)57-30-34-59(35-31-57)61-38-42-66(43-39-61)86(63-16-6-2-7-17-63)68-44-46-71-74-52-73-70-21-11-13-23-79(70)89-81(73)53-82(74)90-80(71)51-68/h1-53H. The monoisotopic (exact) mass is 1180 g/mol. The van der Waals surface area contributed by atoms with Gasteiger partial charge in [-0.1, -0.05) is 194 Å². The predicted octanol–water partition coefficient (Wildman–Crippen LogP) is 25.0. The molecule has 14 aromatic carbocycles. The van der Waals surface area contributed by atoms with Gasteiger partial charge in [0.2, 0.25) is 0 Å². The molecular weight excluding hydrogens is 1130 g/mol. The van der Waals surface area contributed by atoms with Gasteiger partial charge in [-0.15, -0.1) is 22.7 Å². The molecule has 0 atom stereocenters. The molecule has 0 aliphatic rings. The van der Waals surface area contributed by atoms with E-state index in [0.717, 1.165) is 89.1 Å². The molecule has 0 aliphatic heterocycles. The highest BCUT2D eigenvalue weighted by Gasteiger charge is 2.23. The number of thiophene rings is 2. The van der Waals surface area contributed by atoms with Crippen molar-refractivity contribution in [3.63, 3.8) is 0 Å². The molecule has 422 valence electrons. The molecule has 0 unspecified atom stereocenters. The zero-order valence-electron chi connectivity index (χ0n) is 48.7. The predicted molar refractivity (Wildman–Crippen MR) is 385 cm³/mol. The first-order valence-electron chi connectivity index (χ1n) is 30.5. The number of hydrogen-bond acceptors (Lipinski definition) is 5. The molecule has 4 aromatic heterocycles. The molecule has 0 aliphatic carbocycles. The van der Waals surface area contributed by atoms with E-state index in [0.29, 0.717) is 0 Å². The highest BCUT2D eigenvalue weighted by molar-refractivity contribution is 7.28. The summed E-state index contributed by atoms with van der Waals surface area (Å²) in [5.74, 6) is 0. The number of nitrogens with zero attached hydrogens (tertiary/aromatic N) is 3. The molecular formula is C84H53N3OS2. The van der Waals surface area contributed by atoms with E-state index in [1.807, 2.05) is 28.7 Å². The number of benzene rings is 14. The van der Waals surface area contributed by atoms with Gasteiger partial charge in [0.25, 0.3) is 0 Å². The van der Waals surface area contributed by atoms with E-state index in [9.17, 15) is 0 Å². The van der Waals surface area contributed by atoms with Gasteiger partial charge in [0, 0.05) is 96.3 Å². The summed E-state index contributed by atoms with van der Waals surface area (Å²) in [5, 5.41) is 9.79. The molecule has 6 heteroatoms. The average molecular weight is 1180 g/mol. The summed E-state index contributed by atoms with van der Waals surface area (Å²) >= 11 is 3.77. The number of hydrogen-bond donors (Lipinski definition) is 0. The third kappa shape index (κ3) is 8.79. The van der Waals surface area contributed by atoms with Crippen LogP contribution in [0.1, 0.15) is 0 Å². The zero-order valence-corrected chi connectivity index (χ0v) is 50.3. The average Bonchev–Trinajstić information content (AvgIpc) is 1.60. The lowest BCUT2D eigenvalue weighted by atomic mass is 9.97. The Morgan fingerprint density at radius 1 is 0.244 bits per heavy atom. The Labute approximate surface area is 527 Å². The number of furan rings is 1. The van der Waals surface area contributed by atoms with Gasteiger partial charge in [-0.25, -0.2) is 0 Å². The number of fused-ring (bicyclic) bond motifs is 13. The quantitative estimate of drug-likeness (QED) is 0.129. The molecule has 18 rings (SSSR count). The largest absolute Gasteiger partial charge is 0.455 e. The molecule has 0 amide bonds. The van der Waals surface area contributed by atoms with Crippen molar-refractivity contribution in [3.05, 3.63) is 322 Å². The smallest absolute Gasteiger partial charge is 0.145 e. The molecule has 90 heavy (non-hydrogen) atoms. The Morgan fingerprint density at radius 2 is 0.633 bits per heavy atom. The van der Waals surface area contributed by atoms with Gasteiger partial charge in [0.1, 0.15) is 11.2 Å². The van der Waals surface area contributed by atoms with Gasteiger partial charge in [-0.3, -0.25) is 0 Å². The summed E-state index contributed by atoms with van der Waals surface area (Å²) in [6.07, 6.45) is 0. The number of para-hydroxylation sites is 4. The lowest BCUT2D eigenvalue weighted by Crippen LogP contribution is -2.09. The second kappa shape index (κ2) is 21.3. The Kier molecular flexibility index (Phi) is 12.3. The Balaban J connectivity index is 0.587. The van der Waals surface area contributed by atoms with Crippen molar-refractivity contribution >= 4 is 141 Å². The maximum atomic E-state index is 6.73. The minimum Gasteiger partial charge on any atom is -0.455 e. The Hall–Kier alpha value is -11.3. The van der Waals surface area contributed by atoms with Crippen molar-refractivity contribution in [1.82, 2.24) is 4.57 Å². The van der Waals surface area contributed by atoms with E-state index >= 15 is 0 Å². The highest BCUT2D eigenvalue weighted by Crippen LogP contribution is 2.47. The molecule has 18 aromatic rings. The summed E-state index contributed by atoms with van der Waals surface area (Å²) in [4.78, 5) is 4.72. The SMILES string of the molecule is c1ccc(N(c2ccc(-c3ccc(-c4ccc(-c5ccc(-c6ccc(N(c7ccccc7)c7ccc8c(c7)c7c9oc%10ccccc%10c9ccc7n8-c7ccccc7)cc6)cc5)cc4)cc3)cc2)c2ccc3c(c2)sc2cc4sc5ccccc5c4cc23)cc1. The van der Waals surface area contributed by atoms with Crippen molar-refractivity contribution in [1.29, 1.82) is 0 Å². The summed E-state index contributed by atoms with van der Waals surface area (Å²) in [6.45, 7) is 0. The van der Waals surface area contributed by atoms with Crippen LogP contribution in [0, 0.1) is 0 Å². The van der Waals surface area contributed by atoms with Crippen LogP contribution in [-0.2, 0) is 0 Å². The molecule has 0 radical (unpaired) electrons. The first-order valence-corrected chi connectivity index (χ1v) is 32.2. The van der Waals surface area contributed by atoms with Crippen molar-refractivity contribution in [2.45, 2.75) is 0 Å². The van der Waals surface area contributed by atoms with Crippen LogP contribution in [0.25, 0.3) is 134 Å². The first kappa shape index (κ1) is 51.9. The lowest BCUT2D eigenvalue weighted by molar-refractivity contribution is 0.673. The maximum absolute atomic E-state index is 6.73. The van der Waals surface area contributed by atoms with Crippen LogP contribution in [0.5, 0.6) is 0 Å². The van der Waals surface area contributed by atoms with Gasteiger partial charge in [0.15, 0.2) is 0 Å². The maximum Gasteiger partial charge on any atom is 0.145 e. The van der Waals surface area contributed by atoms with E-state index in [-0.39, 0.29) is 0 Å². The Morgan fingerprint density at radius 3 is 1.19 bits per heavy atom. The van der Waals surface area contributed by atoms with Gasteiger partial charge in [-0.2, -0.15) is 0 Å². The van der Waals surface area contributed by atoms with Gasteiger partial charge < -0.3 is 18.8 Å². The molecule has 0 bridgehead atoms. The minimum absolute atomic E-state index is 0.892. The van der Waals surface area contributed by atoms with E-state index in [1.54, 1.807) is 0 Å². The fourth-order valence-electron chi connectivity index (χ4n) is 13.6. The number of rotatable bonds is 11. The molecule has 0 N–H and O–H groups in total. The summed E-state index contributed by atoms with van der Waals surface area (Å²) in [7, 11) is 0. The van der Waals surface area contributed by atoms with Gasteiger partial charge >= 0.3 is 0 Å². The van der Waals surface area contributed by atoms with E-state index in [1.165, 1.54) is 79.3 Å². The van der Waals surface area contributed by atoms with Crippen LogP contribution in [0.3, 0.4) is 0 Å². The normalized spacial score (nSPS) is 11.8. The van der Waals surface area contributed by atoms with Gasteiger partial charge in [0.05, 0.1) is 16.4 Å². The fourth-order valence-corrected chi connectivity index (χ4v) is 16.0. The second-order valence-corrected chi connectivity index (χ2v) is 25.4. The summed E-state index contributed by atoms with van der Waals surface area (Å²) in [6, 6.07) is 117. The molecule has 4 nitrogen and oxygen atoms in total. The Bertz CT molecular complexity index is 5730. The molecule has 0 fully saturated rings. The lowest BCUT2D eigenvalue weighted by Gasteiger charge is -2.26. The molecule has 0 spiro atoms. The van der Waals surface area contributed by atoms with Gasteiger partial charge in [-0.05, 0) is 172 Å². The van der Waals surface area contributed by atoms with Crippen molar-refractivity contribution in [2.75, 3.05) is 9.80 Å². The topological polar surface area (TPSA) is 24.6 Å². The van der Waals surface area contributed by atoms with Crippen LogP contribution in [0.4, 0.5) is 34.1 Å². The second-order valence-electron chi connectivity index (χ2n) is 23.2. The fraction of sp³-hybridized carbons (Fsp3) is 0. The van der Waals surface area contributed by atoms with Crippen LogP contribution in [0.2, 0.25) is 0 Å². The van der Waals surface area contributed by atoms with Crippen LogP contribution < -0.4 is 9.80 Å². The van der Waals surface area contributed by atoms with E-state index in [2.05, 4.69) is 330 Å². The number of aromatic nitrogens is 1. The first-order chi connectivity index (χ1) is 44.6. The van der Waals surface area contributed by atoms with E-state index in [4.69, 9.17) is 4.42 Å². The van der Waals surface area contributed by atoms with Crippen LogP contribution in [0.15, 0.2) is 326 Å². The molecule has 0 saturated carbocycles. The molecule has 4 heterocycles. The zero-order chi connectivity index (χ0) is 59.2. The highest BCUT2D eigenvalue weighted by atomic mass is 32.1. The minimum atomic E-state index is 0.892. The third-order valence-corrected chi connectivity index (χ3v) is 20.3.